The average molecular weight is 578 g/mol. The van der Waals surface area contributed by atoms with Crippen LogP contribution in [0.15, 0.2) is 30.6 Å². The minimum absolute atomic E-state index is 0. The number of halogens is 3. The van der Waals surface area contributed by atoms with Crippen molar-refractivity contribution in [1.82, 2.24) is 24.8 Å². The molecular formula is C30H39F3N7Na. The Labute approximate surface area is 263 Å². The largest absolute Gasteiger partial charge is 1.00 e. The topological polar surface area (TPSA) is 60.4 Å². The van der Waals surface area contributed by atoms with Crippen molar-refractivity contribution in [2.24, 2.45) is 5.92 Å². The second kappa shape index (κ2) is 13.5. The van der Waals surface area contributed by atoms with Gasteiger partial charge >= 0.3 is 29.6 Å². The third kappa shape index (κ3) is 6.99. The van der Waals surface area contributed by atoms with E-state index in [1.807, 2.05) is 6.07 Å². The van der Waals surface area contributed by atoms with Crippen LogP contribution in [0.4, 0.5) is 24.7 Å². The predicted octanol–water partition coefficient (Wildman–Crippen LogP) is 2.32. The zero-order chi connectivity index (χ0) is 28.4. The predicted molar refractivity (Wildman–Crippen MR) is 152 cm³/mol. The van der Waals surface area contributed by atoms with Crippen LogP contribution in [0.1, 0.15) is 51.7 Å². The molecule has 2 saturated heterocycles. The summed E-state index contributed by atoms with van der Waals surface area (Å²) in [6.07, 6.45) is 5.17. The number of hydrogen-bond acceptors (Lipinski definition) is 7. The molecule has 5 rings (SSSR count). The van der Waals surface area contributed by atoms with Gasteiger partial charge in [0.2, 0.25) is 0 Å². The smallest absolute Gasteiger partial charge is 0.390 e. The van der Waals surface area contributed by atoms with E-state index in [9.17, 15) is 0 Å². The van der Waals surface area contributed by atoms with Gasteiger partial charge in [-0.25, -0.2) is 18.2 Å². The summed E-state index contributed by atoms with van der Waals surface area (Å²) in [6, 6.07) is 7.03. The van der Waals surface area contributed by atoms with Gasteiger partial charge in [-0.1, -0.05) is 30.1 Å². The minimum atomic E-state index is -3.24. The van der Waals surface area contributed by atoms with Gasteiger partial charge in [-0.15, -0.1) is 6.07 Å². The molecule has 0 spiro atoms. The Bertz CT molecular complexity index is 1310. The Balaban J connectivity index is 0.00000387. The van der Waals surface area contributed by atoms with Crippen molar-refractivity contribution in [2.75, 3.05) is 49.5 Å². The Morgan fingerprint density at radius 3 is 2.29 bits per heavy atom. The van der Waals surface area contributed by atoms with Crippen LogP contribution >= 0.6 is 0 Å². The molecule has 4 heterocycles. The summed E-state index contributed by atoms with van der Waals surface area (Å²) in [6.45, 7) is 13.4. The number of fused-ring (bicyclic) bond motifs is 1. The van der Waals surface area contributed by atoms with Gasteiger partial charge in [-0.2, -0.15) is 0 Å². The molecule has 2 aromatic heterocycles. The standard InChI is InChI=1S/C30H39F3N7.Na/c1-20(2)38-10-8-23(9-11-38)30(32,33)26-7-5-6-22(27(26)31)17-34-28-25-16-24(18-35-29(25)37-19-36-28)40-14-12-39(13-15-40)21(3)4;/h5-7,16,19-21,23H,8-15,17H2,1-4H3,(H,34,35,36,37);/q-1;+1. The number of benzene rings is 1. The van der Waals surface area contributed by atoms with Crippen LogP contribution < -0.4 is 39.8 Å². The number of nitrogens with zero attached hydrogens (tertiary/aromatic N) is 6. The zero-order valence-corrected chi connectivity index (χ0v) is 26.8. The second-order valence-corrected chi connectivity index (χ2v) is 11.5. The molecule has 41 heavy (non-hydrogen) atoms. The van der Waals surface area contributed by atoms with Gasteiger partial charge in [-0.3, -0.25) is 9.88 Å². The van der Waals surface area contributed by atoms with Gasteiger partial charge in [0.25, 0.3) is 5.92 Å². The van der Waals surface area contributed by atoms with E-state index < -0.39 is 23.2 Å². The fourth-order valence-electron chi connectivity index (χ4n) is 5.82. The molecule has 1 aromatic carbocycles. The molecule has 7 nitrogen and oxygen atoms in total. The Morgan fingerprint density at radius 2 is 1.63 bits per heavy atom. The molecular weight excluding hydrogens is 538 g/mol. The first-order valence-corrected chi connectivity index (χ1v) is 14.3. The van der Waals surface area contributed by atoms with Crippen LogP contribution in [0, 0.1) is 17.9 Å². The molecule has 3 aromatic rings. The van der Waals surface area contributed by atoms with E-state index in [4.69, 9.17) is 0 Å². The summed E-state index contributed by atoms with van der Waals surface area (Å²) < 4.78 is 46.7. The van der Waals surface area contributed by atoms with Crippen LogP contribution in [0.25, 0.3) is 11.0 Å². The first-order chi connectivity index (χ1) is 19.1. The quantitative estimate of drug-likeness (QED) is 0.326. The van der Waals surface area contributed by atoms with E-state index in [0.717, 1.165) is 31.9 Å². The zero-order valence-electron chi connectivity index (χ0n) is 24.8. The molecule has 11 heteroatoms. The molecule has 2 aliphatic rings. The molecule has 1 N–H and O–H groups in total. The fourth-order valence-corrected chi connectivity index (χ4v) is 5.82. The third-order valence-corrected chi connectivity index (χ3v) is 8.46. The van der Waals surface area contributed by atoms with Gasteiger partial charge in [0.05, 0.1) is 11.2 Å². The molecule has 2 aliphatic heterocycles. The molecule has 0 bridgehead atoms. The van der Waals surface area contributed by atoms with Crippen molar-refractivity contribution in [3.05, 3.63) is 53.7 Å². The second-order valence-electron chi connectivity index (χ2n) is 11.5. The molecule has 0 aliphatic carbocycles. The summed E-state index contributed by atoms with van der Waals surface area (Å²) in [4.78, 5) is 19.9. The van der Waals surface area contributed by atoms with Crippen LogP contribution in [-0.2, 0) is 12.5 Å². The number of pyridine rings is 1. The van der Waals surface area contributed by atoms with Crippen molar-refractivity contribution in [3.63, 3.8) is 0 Å². The summed E-state index contributed by atoms with van der Waals surface area (Å²) in [5, 5.41) is 3.83. The van der Waals surface area contributed by atoms with Gasteiger partial charge in [0.1, 0.15) is 18.0 Å². The number of piperidine rings is 1. The average Bonchev–Trinajstić information content (AvgIpc) is 2.96. The molecule has 0 amide bonds. The molecule has 2 fully saturated rings. The normalized spacial score (nSPS) is 17.8. The minimum Gasteiger partial charge on any atom is -0.390 e. The summed E-state index contributed by atoms with van der Waals surface area (Å²) in [5.41, 5.74) is 0.964. The fraction of sp³-hybridized carbons (Fsp3) is 0.567. The number of nitrogens with one attached hydrogen (secondary N) is 1. The number of likely N-dealkylation sites (tertiary alicyclic amines) is 1. The molecule has 0 atom stereocenters. The van der Waals surface area contributed by atoms with Gasteiger partial charge in [-0.05, 0) is 59.0 Å². The van der Waals surface area contributed by atoms with Crippen molar-refractivity contribution in [1.29, 1.82) is 0 Å². The van der Waals surface area contributed by atoms with Crippen LogP contribution in [0.3, 0.4) is 0 Å². The number of rotatable bonds is 8. The Morgan fingerprint density at radius 1 is 0.976 bits per heavy atom. The monoisotopic (exact) mass is 577 g/mol. The first-order valence-electron chi connectivity index (χ1n) is 14.3. The van der Waals surface area contributed by atoms with E-state index in [0.29, 0.717) is 54.9 Å². The van der Waals surface area contributed by atoms with Crippen LogP contribution in [-0.4, -0.2) is 76.1 Å². The Kier molecular flexibility index (Phi) is 10.6. The maximum atomic E-state index is 15.6. The van der Waals surface area contributed by atoms with Crippen LogP contribution in [0.2, 0.25) is 0 Å². The summed E-state index contributed by atoms with van der Waals surface area (Å²) in [5.74, 6) is -4.50. The molecule has 0 unspecified atom stereocenters. The molecule has 0 radical (unpaired) electrons. The number of hydrogen-bond donors (Lipinski definition) is 1. The maximum Gasteiger partial charge on any atom is 1.00 e. The van der Waals surface area contributed by atoms with Crippen molar-refractivity contribution in [2.45, 2.75) is 65.1 Å². The van der Waals surface area contributed by atoms with Crippen molar-refractivity contribution in [3.8, 4) is 0 Å². The Hall–Kier alpha value is -1.98. The maximum absolute atomic E-state index is 15.6. The van der Waals surface area contributed by atoms with Crippen molar-refractivity contribution < 1.29 is 42.7 Å². The summed E-state index contributed by atoms with van der Waals surface area (Å²) >= 11 is 0. The van der Waals surface area contributed by atoms with E-state index in [-0.39, 0.29) is 41.7 Å². The van der Waals surface area contributed by atoms with Gasteiger partial charge in [0, 0.05) is 56.3 Å². The van der Waals surface area contributed by atoms with E-state index in [1.54, 1.807) is 6.07 Å². The number of anilines is 2. The molecule has 0 saturated carbocycles. The molecule has 216 valence electrons. The number of alkyl halides is 2. The van der Waals surface area contributed by atoms with Crippen LogP contribution in [0.5, 0.6) is 0 Å². The SMILES string of the molecule is CC(C)N1CCC(C(F)(F)c2cccc(CNc3ncnc4n[c-]c(N5CCN(C(C)C)CC5)cc34)c2F)CC1.[Na+]. The number of aromatic nitrogens is 3. The van der Waals surface area contributed by atoms with Gasteiger partial charge < -0.3 is 20.1 Å². The number of piperazine rings is 1. The third-order valence-electron chi connectivity index (χ3n) is 8.46. The summed E-state index contributed by atoms with van der Waals surface area (Å²) in [7, 11) is 0. The van der Waals surface area contributed by atoms with E-state index in [2.05, 4.69) is 68.9 Å². The first kappa shape index (κ1) is 31.9. The van der Waals surface area contributed by atoms with Gasteiger partial charge in [0.15, 0.2) is 0 Å². The van der Waals surface area contributed by atoms with Crippen molar-refractivity contribution >= 4 is 22.5 Å². The van der Waals surface area contributed by atoms with E-state index >= 15 is 13.2 Å². The van der Waals surface area contributed by atoms with E-state index in [1.165, 1.54) is 18.5 Å².